The molecule has 3 rings (SSSR count). The SMILES string of the molecule is O=C(Nc1ccccc1)N1CCN(C2CCNCC2)CC1. The molecule has 1 aromatic carbocycles. The molecule has 0 aliphatic carbocycles. The lowest BCUT2D eigenvalue weighted by Gasteiger charge is -2.40. The van der Waals surface area contributed by atoms with Crippen molar-refractivity contribution in [1.82, 2.24) is 15.1 Å². The molecule has 2 amide bonds. The van der Waals surface area contributed by atoms with E-state index in [4.69, 9.17) is 0 Å². The van der Waals surface area contributed by atoms with Crippen LogP contribution in [0.15, 0.2) is 30.3 Å². The van der Waals surface area contributed by atoms with Crippen molar-refractivity contribution < 1.29 is 4.79 Å². The number of anilines is 1. The molecule has 0 atom stereocenters. The Labute approximate surface area is 126 Å². The molecule has 21 heavy (non-hydrogen) atoms. The number of nitrogens with zero attached hydrogens (tertiary/aromatic N) is 2. The molecule has 2 saturated heterocycles. The van der Waals surface area contributed by atoms with E-state index in [9.17, 15) is 4.79 Å². The highest BCUT2D eigenvalue weighted by molar-refractivity contribution is 5.89. The third-order valence-electron chi connectivity index (χ3n) is 4.45. The molecule has 5 nitrogen and oxygen atoms in total. The predicted octanol–water partition coefficient (Wildman–Crippen LogP) is 1.59. The normalized spacial score (nSPS) is 21.2. The van der Waals surface area contributed by atoms with Crippen LogP contribution in [0.5, 0.6) is 0 Å². The quantitative estimate of drug-likeness (QED) is 0.869. The number of piperazine rings is 1. The van der Waals surface area contributed by atoms with Gasteiger partial charge in [-0.05, 0) is 38.1 Å². The molecule has 2 heterocycles. The molecule has 2 fully saturated rings. The summed E-state index contributed by atoms with van der Waals surface area (Å²) >= 11 is 0. The number of piperidine rings is 1. The zero-order valence-electron chi connectivity index (χ0n) is 12.4. The predicted molar refractivity (Wildman–Crippen MR) is 84.5 cm³/mol. The third kappa shape index (κ3) is 3.74. The van der Waals surface area contributed by atoms with E-state index in [2.05, 4.69) is 15.5 Å². The largest absolute Gasteiger partial charge is 0.322 e. The molecular formula is C16H24N4O. The van der Waals surface area contributed by atoms with Gasteiger partial charge >= 0.3 is 6.03 Å². The molecule has 0 radical (unpaired) electrons. The van der Waals surface area contributed by atoms with Gasteiger partial charge in [0.05, 0.1) is 0 Å². The molecule has 114 valence electrons. The number of amides is 2. The van der Waals surface area contributed by atoms with Gasteiger partial charge in [0, 0.05) is 37.9 Å². The monoisotopic (exact) mass is 288 g/mol. The van der Waals surface area contributed by atoms with Crippen LogP contribution in [0.3, 0.4) is 0 Å². The van der Waals surface area contributed by atoms with Crippen LogP contribution in [0.25, 0.3) is 0 Å². The minimum absolute atomic E-state index is 0.0196. The van der Waals surface area contributed by atoms with Crippen molar-refractivity contribution in [3.63, 3.8) is 0 Å². The number of hydrogen-bond acceptors (Lipinski definition) is 3. The molecule has 2 N–H and O–H groups in total. The molecule has 0 aromatic heterocycles. The zero-order chi connectivity index (χ0) is 14.5. The minimum atomic E-state index is 0.0196. The fourth-order valence-corrected chi connectivity index (χ4v) is 3.19. The van der Waals surface area contributed by atoms with Crippen molar-refractivity contribution in [2.75, 3.05) is 44.6 Å². The number of para-hydroxylation sites is 1. The molecule has 2 aliphatic heterocycles. The van der Waals surface area contributed by atoms with Gasteiger partial charge in [-0.3, -0.25) is 4.90 Å². The summed E-state index contributed by atoms with van der Waals surface area (Å²) in [5.74, 6) is 0. The Hall–Kier alpha value is -1.59. The van der Waals surface area contributed by atoms with Crippen molar-refractivity contribution >= 4 is 11.7 Å². The first-order chi connectivity index (χ1) is 10.3. The van der Waals surface area contributed by atoms with Crippen molar-refractivity contribution in [2.24, 2.45) is 0 Å². The maximum absolute atomic E-state index is 12.2. The van der Waals surface area contributed by atoms with E-state index in [0.717, 1.165) is 45.0 Å². The second-order valence-electron chi connectivity index (χ2n) is 5.80. The van der Waals surface area contributed by atoms with Gasteiger partial charge in [-0.1, -0.05) is 18.2 Å². The van der Waals surface area contributed by atoms with Crippen LogP contribution in [0.2, 0.25) is 0 Å². The van der Waals surface area contributed by atoms with Gasteiger partial charge in [0.2, 0.25) is 0 Å². The molecule has 0 unspecified atom stereocenters. The fourth-order valence-electron chi connectivity index (χ4n) is 3.19. The summed E-state index contributed by atoms with van der Waals surface area (Å²) < 4.78 is 0. The lowest BCUT2D eigenvalue weighted by Crippen LogP contribution is -2.54. The van der Waals surface area contributed by atoms with Crippen LogP contribution in [0.1, 0.15) is 12.8 Å². The Bertz CT molecular complexity index is 451. The molecule has 5 heteroatoms. The topological polar surface area (TPSA) is 47.6 Å². The Kier molecular flexibility index (Phi) is 4.72. The second kappa shape index (κ2) is 6.91. The van der Waals surface area contributed by atoms with Crippen LogP contribution in [-0.4, -0.2) is 61.1 Å². The highest BCUT2D eigenvalue weighted by Gasteiger charge is 2.26. The summed E-state index contributed by atoms with van der Waals surface area (Å²) in [6, 6.07) is 10.4. The number of rotatable bonds is 2. The number of carbonyl (C=O) groups is 1. The lowest BCUT2D eigenvalue weighted by atomic mass is 10.0. The Balaban J connectivity index is 1.47. The number of nitrogens with one attached hydrogen (secondary N) is 2. The van der Waals surface area contributed by atoms with E-state index in [1.54, 1.807) is 0 Å². The minimum Gasteiger partial charge on any atom is -0.322 e. The summed E-state index contributed by atoms with van der Waals surface area (Å²) in [6.07, 6.45) is 2.46. The number of urea groups is 1. The van der Waals surface area contributed by atoms with Crippen LogP contribution in [0, 0.1) is 0 Å². The fraction of sp³-hybridized carbons (Fsp3) is 0.562. The van der Waals surface area contributed by atoms with Crippen molar-refractivity contribution in [3.8, 4) is 0 Å². The van der Waals surface area contributed by atoms with Crippen molar-refractivity contribution in [1.29, 1.82) is 0 Å². The van der Waals surface area contributed by atoms with E-state index < -0.39 is 0 Å². The molecule has 0 saturated carbocycles. The smallest absolute Gasteiger partial charge is 0.321 e. The second-order valence-corrected chi connectivity index (χ2v) is 5.80. The van der Waals surface area contributed by atoms with Crippen LogP contribution in [0.4, 0.5) is 10.5 Å². The van der Waals surface area contributed by atoms with E-state index in [1.807, 2.05) is 35.2 Å². The number of carbonyl (C=O) groups excluding carboxylic acids is 1. The Morgan fingerprint density at radius 2 is 1.71 bits per heavy atom. The summed E-state index contributed by atoms with van der Waals surface area (Å²) in [7, 11) is 0. The standard InChI is InChI=1S/C16H24N4O/c21-16(18-14-4-2-1-3-5-14)20-12-10-19(11-13-20)15-6-8-17-9-7-15/h1-5,15,17H,6-13H2,(H,18,21). The first-order valence-corrected chi connectivity index (χ1v) is 7.89. The molecule has 0 bridgehead atoms. The van der Waals surface area contributed by atoms with Crippen LogP contribution < -0.4 is 10.6 Å². The molecule has 0 spiro atoms. The maximum Gasteiger partial charge on any atom is 0.321 e. The van der Waals surface area contributed by atoms with E-state index in [1.165, 1.54) is 12.8 Å². The van der Waals surface area contributed by atoms with Crippen LogP contribution >= 0.6 is 0 Å². The van der Waals surface area contributed by atoms with E-state index >= 15 is 0 Å². The van der Waals surface area contributed by atoms with E-state index in [-0.39, 0.29) is 6.03 Å². The first kappa shape index (κ1) is 14.4. The van der Waals surface area contributed by atoms with Gasteiger partial charge < -0.3 is 15.5 Å². The average molecular weight is 288 g/mol. The molecule has 1 aromatic rings. The van der Waals surface area contributed by atoms with Gasteiger partial charge in [-0.15, -0.1) is 0 Å². The first-order valence-electron chi connectivity index (χ1n) is 7.89. The lowest BCUT2D eigenvalue weighted by molar-refractivity contribution is 0.0975. The van der Waals surface area contributed by atoms with Crippen molar-refractivity contribution in [2.45, 2.75) is 18.9 Å². The molecule has 2 aliphatic rings. The van der Waals surface area contributed by atoms with E-state index in [0.29, 0.717) is 6.04 Å². The Morgan fingerprint density at radius 3 is 2.38 bits per heavy atom. The number of benzene rings is 1. The Morgan fingerprint density at radius 1 is 1.05 bits per heavy atom. The van der Waals surface area contributed by atoms with Gasteiger partial charge in [0.15, 0.2) is 0 Å². The highest BCUT2D eigenvalue weighted by atomic mass is 16.2. The zero-order valence-corrected chi connectivity index (χ0v) is 12.4. The summed E-state index contributed by atoms with van der Waals surface area (Å²) in [4.78, 5) is 16.7. The number of hydrogen-bond donors (Lipinski definition) is 2. The summed E-state index contributed by atoms with van der Waals surface area (Å²) in [6.45, 7) is 5.88. The van der Waals surface area contributed by atoms with Gasteiger partial charge in [-0.2, -0.15) is 0 Å². The van der Waals surface area contributed by atoms with Gasteiger partial charge in [0.25, 0.3) is 0 Å². The van der Waals surface area contributed by atoms with Gasteiger partial charge in [-0.25, -0.2) is 4.79 Å². The summed E-state index contributed by atoms with van der Waals surface area (Å²) in [5, 5.41) is 6.37. The van der Waals surface area contributed by atoms with Gasteiger partial charge in [0.1, 0.15) is 0 Å². The van der Waals surface area contributed by atoms with Crippen LogP contribution in [-0.2, 0) is 0 Å². The third-order valence-corrected chi connectivity index (χ3v) is 4.45. The van der Waals surface area contributed by atoms with Crippen molar-refractivity contribution in [3.05, 3.63) is 30.3 Å². The molecular weight excluding hydrogens is 264 g/mol. The average Bonchev–Trinajstić information content (AvgIpc) is 2.57. The summed E-state index contributed by atoms with van der Waals surface area (Å²) in [5.41, 5.74) is 0.864. The highest BCUT2D eigenvalue weighted by Crippen LogP contribution is 2.15. The maximum atomic E-state index is 12.2.